The Morgan fingerprint density at radius 1 is 0.625 bits per heavy atom. The Bertz CT molecular complexity index is 2200. The van der Waals surface area contributed by atoms with E-state index in [1.165, 1.54) is 22.1 Å². The van der Waals surface area contributed by atoms with Gasteiger partial charge in [-0.2, -0.15) is 0 Å². The van der Waals surface area contributed by atoms with Crippen molar-refractivity contribution in [2.45, 2.75) is 12.3 Å². The van der Waals surface area contributed by atoms with Gasteiger partial charge in [0.05, 0.1) is 16.4 Å². The van der Waals surface area contributed by atoms with Crippen LogP contribution in [0.5, 0.6) is 0 Å². The van der Waals surface area contributed by atoms with Gasteiger partial charge in [-0.1, -0.05) is 103 Å². The molecule has 190 valence electrons. The molecule has 1 aliphatic carbocycles. The lowest BCUT2D eigenvalue weighted by Gasteiger charge is -2.24. The molecule has 40 heavy (non-hydrogen) atoms. The quantitative estimate of drug-likeness (QED) is 0.174. The molecule has 0 bridgehead atoms. The molecule has 3 heteroatoms. The molecule has 0 saturated carbocycles. The van der Waals surface area contributed by atoms with Crippen LogP contribution >= 0.6 is 0 Å². The monoisotopic (exact) mass is 515 g/mol. The predicted octanol–water partition coefficient (Wildman–Crippen LogP) is 9.17. The van der Waals surface area contributed by atoms with E-state index in [1.807, 2.05) is 30.3 Å². The second-order valence-electron chi connectivity index (χ2n) is 10.5. The second-order valence-corrected chi connectivity index (χ2v) is 10.5. The van der Waals surface area contributed by atoms with E-state index >= 15 is 0 Å². The lowest BCUT2D eigenvalue weighted by atomic mass is 9.84. The molecule has 2 heterocycles. The highest BCUT2D eigenvalue weighted by atomic mass is 16.4. The van der Waals surface area contributed by atoms with Crippen LogP contribution in [-0.2, 0) is 0 Å². The first-order chi connectivity index (χ1) is 19.7. The summed E-state index contributed by atoms with van der Waals surface area (Å²) < 4.78 is 8.23. The molecule has 0 radical (unpaired) electrons. The maximum atomic E-state index is 12.9. The minimum atomic E-state index is -0.308. The van der Waals surface area contributed by atoms with E-state index in [9.17, 15) is 4.79 Å². The van der Waals surface area contributed by atoms with E-state index in [1.54, 1.807) is 0 Å². The molecule has 1 atom stereocenters. The van der Waals surface area contributed by atoms with Crippen molar-refractivity contribution >= 4 is 54.8 Å². The highest BCUT2D eigenvalue weighted by Gasteiger charge is 2.22. The molecule has 1 aliphatic rings. The third-order valence-corrected chi connectivity index (χ3v) is 8.18. The van der Waals surface area contributed by atoms with Gasteiger partial charge in [0.25, 0.3) is 0 Å². The first-order valence-corrected chi connectivity index (χ1v) is 13.7. The Morgan fingerprint density at radius 3 is 2.10 bits per heavy atom. The average molecular weight is 516 g/mol. The standard InChI is InChI=1S/C37H25NO2/c39-37-31-17-8-7-15-29(31)33-22-32-30-16-9-10-18-34(30)38(35(32)23-36(33)40-37)28-20-26(24-11-3-1-4-12-24)19-27(21-28)25-13-5-2-6-14-25/h1-18,20-23,26H,19H2. The van der Waals surface area contributed by atoms with Crippen molar-refractivity contribution in [3.05, 3.63) is 155 Å². The van der Waals surface area contributed by atoms with Crippen molar-refractivity contribution in [3.8, 4) is 0 Å². The molecule has 1 unspecified atom stereocenters. The topological polar surface area (TPSA) is 35.1 Å². The van der Waals surface area contributed by atoms with Crippen LogP contribution in [0.15, 0.2) is 143 Å². The fraction of sp³-hybridized carbons (Fsp3) is 0.0541. The summed E-state index contributed by atoms with van der Waals surface area (Å²) in [6.07, 6.45) is 5.63. The maximum Gasteiger partial charge on any atom is 0.344 e. The molecule has 8 rings (SSSR count). The van der Waals surface area contributed by atoms with Crippen molar-refractivity contribution in [2.24, 2.45) is 0 Å². The number of fused-ring (bicyclic) bond motifs is 6. The number of allylic oxidation sites excluding steroid dienone is 4. The molecule has 0 amide bonds. The van der Waals surface area contributed by atoms with E-state index in [4.69, 9.17) is 4.42 Å². The van der Waals surface area contributed by atoms with E-state index in [0.717, 1.165) is 39.3 Å². The van der Waals surface area contributed by atoms with Crippen LogP contribution in [0, 0.1) is 0 Å². The van der Waals surface area contributed by atoms with Crippen LogP contribution in [0.4, 0.5) is 0 Å². The van der Waals surface area contributed by atoms with Crippen LogP contribution < -0.4 is 5.63 Å². The highest BCUT2D eigenvalue weighted by molar-refractivity contribution is 6.17. The third-order valence-electron chi connectivity index (χ3n) is 8.18. The van der Waals surface area contributed by atoms with E-state index in [0.29, 0.717) is 11.0 Å². The number of rotatable bonds is 3. The number of hydrogen-bond acceptors (Lipinski definition) is 2. The lowest BCUT2D eigenvalue weighted by Crippen LogP contribution is -2.07. The van der Waals surface area contributed by atoms with Gasteiger partial charge >= 0.3 is 5.63 Å². The molecule has 0 spiro atoms. The minimum Gasteiger partial charge on any atom is -0.422 e. The molecule has 0 N–H and O–H groups in total. The fourth-order valence-electron chi connectivity index (χ4n) is 6.31. The molecular weight excluding hydrogens is 490 g/mol. The molecule has 2 aromatic heterocycles. The molecule has 3 nitrogen and oxygen atoms in total. The summed E-state index contributed by atoms with van der Waals surface area (Å²) in [4.78, 5) is 12.9. The first-order valence-electron chi connectivity index (χ1n) is 13.7. The van der Waals surface area contributed by atoms with Crippen molar-refractivity contribution in [1.29, 1.82) is 0 Å². The van der Waals surface area contributed by atoms with Gasteiger partial charge in [-0.3, -0.25) is 0 Å². The highest BCUT2D eigenvalue weighted by Crippen LogP contribution is 2.41. The van der Waals surface area contributed by atoms with Gasteiger partial charge in [-0.05, 0) is 52.8 Å². The van der Waals surface area contributed by atoms with Crippen molar-refractivity contribution in [3.63, 3.8) is 0 Å². The largest absolute Gasteiger partial charge is 0.422 e. The number of nitrogens with zero attached hydrogens (tertiary/aromatic N) is 1. The van der Waals surface area contributed by atoms with Crippen LogP contribution in [-0.4, -0.2) is 4.57 Å². The van der Waals surface area contributed by atoms with Crippen molar-refractivity contribution < 1.29 is 4.42 Å². The summed E-state index contributed by atoms with van der Waals surface area (Å²) in [6, 6.07) is 41.8. The third kappa shape index (κ3) is 3.55. The maximum absolute atomic E-state index is 12.9. The Morgan fingerprint density at radius 2 is 1.30 bits per heavy atom. The summed E-state index contributed by atoms with van der Waals surface area (Å²) in [6.45, 7) is 0. The van der Waals surface area contributed by atoms with Crippen LogP contribution in [0.3, 0.4) is 0 Å². The van der Waals surface area contributed by atoms with Gasteiger partial charge in [0.1, 0.15) is 5.58 Å². The summed E-state index contributed by atoms with van der Waals surface area (Å²) in [5.74, 6) is 0.231. The fourth-order valence-corrected chi connectivity index (χ4v) is 6.31. The van der Waals surface area contributed by atoms with Gasteiger partial charge in [-0.15, -0.1) is 0 Å². The zero-order valence-electron chi connectivity index (χ0n) is 21.7. The zero-order valence-corrected chi connectivity index (χ0v) is 21.7. The Labute approximate surface area is 230 Å². The SMILES string of the molecule is O=c1oc2cc3c(cc2c2ccccc12)c1ccccc1n3C1=CC(c2ccccc2)CC(c2ccccc2)=C1. The summed E-state index contributed by atoms with van der Waals surface area (Å²) in [5, 5.41) is 4.78. The molecule has 0 fully saturated rings. The van der Waals surface area contributed by atoms with Gasteiger partial charge in [-0.25, -0.2) is 4.79 Å². The van der Waals surface area contributed by atoms with E-state index < -0.39 is 0 Å². The zero-order chi connectivity index (χ0) is 26.6. The molecule has 0 saturated heterocycles. The smallest absolute Gasteiger partial charge is 0.344 e. The summed E-state index contributed by atoms with van der Waals surface area (Å²) >= 11 is 0. The number of benzene rings is 5. The van der Waals surface area contributed by atoms with Gasteiger partial charge in [0.2, 0.25) is 0 Å². The molecule has 0 aliphatic heterocycles. The summed E-state index contributed by atoms with van der Waals surface area (Å²) in [5.41, 5.74) is 7.39. The predicted molar refractivity (Wildman–Crippen MR) is 165 cm³/mol. The molecule has 7 aromatic rings. The normalized spacial score (nSPS) is 15.6. The Balaban J connectivity index is 1.45. The minimum absolute atomic E-state index is 0.231. The first kappa shape index (κ1) is 22.8. The Hall–Kier alpha value is -5.15. The van der Waals surface area contributed by atoms with Crippen molar-refractivity contribution in [1.82, 2.24) is 4.57 Å². The second kappa shape index (κ2) is 8.96. The summed E-state index contributed by atoms with van der Waals surface area (Å²) in [7, 11) is 0. The van der Waals surface area contributed by atoms with Gasteiger partial charge in [0.15, 0.2) is 0 Å². The lowest BCUT2D eigenvalue weighted by molar-refractivity contribution is 0.570. The van der Waals surface area contributed by atoms with Crippen LogP contribution in [0.2, 0.25) is 0 Å². The molecule has 5 aromatic carbocycles. The van der Waals surface area contributed by atoms with Crippen LogP contribution in [0.25, 0.3) is 54.8 Å². The average Bonchev–Trinajstić information content (AvgIpc) is 3.34. The Kier molecular flexibility index (Phi) is 5.11. The van der Waals surface area contributed by atoms with E-state index in [-0.39, 0.29) is 11.5 Å². The number of para-hydroxylation sites is 1. The van der Waals surface area contributed by atoms with Gasteiger partial charge in [0, 0.05) is 33.8 Å². The number of aromatic nitrogens is 1. The van der Waals surface area contributed by atoms with Crippen LogP contribution in [0.1, 0.15) is 23.5 Å². The van der Waals surface area contributed by atoms with Crippen molar-refractivity contribution in [2.75, 3.05) is 0 Å². The van der Waals surface area contributed by atoms with E-state index in [2.05, 4.69) is 108 Å². The van der Waals surface area contributed by atoms with Gasteiger partial charge < -0.3 is 8.98 Å². The molecular formula is C37H25NO2. The number of hydrogen-bond donors (Lipinski definition) is 0.